The minimum absolute atomic E-state index is 0.365. The van der Waals surface area contributed by atoms with E-state index in [1.807, 2.05) is 0 Å². The molecule has 0 N–H and O–H groups in total. The first-order valence-electron chi connectivity index (χ1n) is 5.09. The third-order valence-corrected chi connectivity index (χ3v) is 2.82. The predicted molar refractivity (Wildman–Crippen MR) is 59.8 cm³/mol. The highest BCUT2D eigenvalue weighted by atomic mass is 35.5. The molecule has 0 aliphatic carbocycles. The highest BCUT2D eigenvalue weighted by Gasteiger charge is 2.32. The maximum absolute atomic E-state index is 11.2. The average molecular weight is 241 g/mol. The van der Waals surface area contributed by atoms with E-state index in [2.05, 4.69) is 6.92 Å². The van der Waals surface area contributed by atoms with E-state index < -0.39 is 10.3 Å². The molecule has 0 unspecified atom stereocenters. The van der Waals surface area contributed by atoms with Crippen LogP contribution in [-0.2, 0) is 9.53 Å². The van der Waals surface area contributed by atoms with Crippen LogP contribution in [0.4, 0.5) is 0 Å². The van der Waals surface area contributed by atoms with Crippen LogP contribution in [0.2, 0.25) is 0 Å². The van der Waals surface area contributed by atoms with Gasteiger partial charge in [-0.05, 0) is 12.8 Å². The van der Waals surface area contributed by atoms with Gasteiger partial charge in [-0.15, -0.1) is 0 Å². The molecule has 4 heteroatoms. The van der Waals surface area contributed by atoms with Crippen LogP contribution in [0.1, 0.15) is 46.0 Å². The summed E-state index contributed by atoms with van der Waals surface area (Å²) in [5.74, 6) is -0.528. The van der Waals surface area contributed by atoms with Gasteiger partial charge in [0, 0.05) is 0 Å². The standard InChI is InChI=1S/C10H18Cl2O2/c1-3-5-6-7-8-14-9(13)10(11,12)4-2/h3-8H2,1-2H3. The Bertz CT molecular complexity index is 170. The molecule has 0 spiro atoms. The van der Waals surface area contributed by atoms with Crippen molar-refractivity contribution in [2.45, 2.75) is 50.3 Å². The topological polar surface area (TPSA) is 26.3 Å². The van der Waals surface area contributed by atoms with Crippen LogP contribution in [0.25, 0.3) is 0 Å². The van der Waals surface area contributed by atoms with Gasteiger partial charge in [-0.3, -0.25) is 0 Å². The summed E-state index contributed by atoms with van der Waals surface area (Å²) in [5, 5.41) is 0. The number of alkyl halides is 2. The van der Waals surface area contributed by atoms with Gasteiger partial charge in [-0.2, -0.15) is 0 Å². The normalized spacial score (nSPS) is 11.4. The third kappa shape index (κ3) is 5.71. The van der Waals surface area contributed by atoms with Crippen molar-refractivity contribution in [1.29, 1.82) is 0 Å². The molecule has 0 rings (SSSR count). The molecule has 0 fully saturated rings. The Morgan fingerprint density at radius 1 is 1.21 bits per heavy atom. The largest absolute Gasteiger partial charge is 0.463 e. The molecular weight excluding hydrogens is 223 g/mol. The fourth-order valence-electron chi connectivity index (χ4n) is 0.944. The molecule has 84 valence electrons. The fourth-order valence-corrected chi connectivity index (χ4v) is 1.05. The van der Waals surface area contributed by atoms with E-state index in [4.69, 9.17) is 27.9 Å². The van der Waals surface area contributed by atoms with Crippen molar-refractivity contribution < 1.29 is 9.53 Å². The Labute approximate surface area is 95.9 Å². The monoisotopic (exact) mass is 240 g/mol. The molecule has 0 aliphatic rings. The van der Waals surface area contributed by atoms with Crippen LogP contribution in [-0.4, -0.2) is 16.9 Å². The van der Waals surface area contributed by atoms with Gasteiger partial charge in [0.25, 0.3) is 0 Å². The van der Waals surface area contributed by atoms with Gasteiger partial charge in [0.05, 0.1) is 6.61 Å². The lowest BCUT2D eigenvalue weighted by molar-refractivity contribution is -0.144. The van der Waals surface area contributed by atoms with Crippen LogP contribution >= 0.6 is 23.2 Å². The zero-order chi connectivity index (χ0) is 11.0. The molecule has 0 radical (unpaired) electrons. The lowest BCUT2D eigenvalue weighted by Gasteiger charge is -2.15. The number of ether oxygens (including phenoxy) is 1. The molecule has 0 aromatic rings. The van der Waals surface area contributed by atoms with Crippen molar-refractivity contribution in [2.24, 2.45) is 0 Å². The highest BCUT2D eigenvalue weighted by molar-refractivity contribution is 6.57. The van der Waals surface area contributed by atoms with Crippen LogP contribution in [0.5, 0.6) is 0 Å². The quantitative estimate of drug-likeness (QED) is 0.386. The van der Waals surface area contributed by atoms with E-state index in [-0.39, 0.29) is 0 Å². The smallest absolute Gasteiger partial charge is 0.342 e. The van der Waals surface area contributed by atoms with E-state index in [0.29, 0.717) is 13.0 Å². The second-order valence-electron chi connectivity index (χ2n) is 3.25. The van der Waals surface area contributed by atoms with Crippen LogP contribution in [0.15, 0.2) is 0 Å². The van der Waals surface area contributed by atoms with E-state index in [1.54, 1.807) is 6.92 Å². The van der Waals surface area contributed by atoms with Gasteiger partial charge in [0.15, 0.2) is 0 Å². The van der Waals surface area contributed by atoms with Crippen molar-refractivity contribution in [1.82, 2.24) is 0 Å². The van der Waals surface area contributed by atoms with E-state index >= 15 is 0 Å². The Kier molecular flexibility index (Phi) is 7.38. The molecular formula is C10H18Cl2O2. The number of halogens is 2. The Balaban J connectivity index is 3.54. The summed E-state index contributed by atoms with van der Waals surface area (Å²) >= 11 is 11.4. The molecule has 0 aliphatic heterocycles. The maximum atomic E-state index is 11.2. The number of hydrogen-bond donors (Lipinski definition) is 0. The molecule has 14 heavy (non-hydrogen) atoms. The lowest BCUT2D eigenvalue weighted by Crippen LogP contribution is -2.27. The Hall–Kier alpha value is 0.0500. The molecule has 0 aromatic heterocycles. The van der Waals surface area contributed by atoms with Crippen molar-refractivity contribution in [3.63, 3.8) is 0 Å². The number of hydrogen-bond acceptors (Lipinski definition) is 2. The molecule has 0 saturated carbocycles. The Morgan fingerprint density at radius 2 is 1.86 bits per heavy atom. The fraction of sp³-hybridized carbons (Fsp3) is 0.900. The first-order valence-corrected chi connectivity index (χ1v) is 5.85. The number of carbonyl (C=O) groups excluding carboxylic acids is 1. The van der Waals surface area contributed by atoms with Crippen molar-refractivity contribution >= 4 is 29.2 Å². The number of unbranched alkanes of at least 4 members (excludes halogenated alkanes) is 3. The summed E-state index contributed by atoms with van der Waals surface area (Å²) < 4.78 is 3.57. The molecule has 0 heterocycles. The molecule has 0 aromatic carbocycles. The van der Waals surface area contributed by atoms with Gasteiger partial charge >= 0.3 is 5.97 Å². The van der Waals surface area contributed by atoms with Gasteiger partial charge in [0.2, 0.25) is 4.33 Å². The molecule has 0 atom stereocenters. The minimum atomic E-state index is -1.37. The van der Waals surface area contributed by atoms with Gasteiger partial charge in [0.1, 0.15) is 0 Å². The first kappa shape index (κ1) is 14.1. The molecule has 0 amide bonds. The van der Waals surface area contributed by atoms with Crippen molar-refractivity contribution in [3.05, 3.63) is 0 Å². The number of esters is 1. The summed E-state index contributed by atoms with van der Waals surface area (Å²) in [6, 6.07) is 0. The molecule has 2 nitrogen and oxygen atoms in total. The molecule has 0 bridgehead atoms. The minimum Gasteiger partial charge on any atom is -0.463 e. The zero-order valence-electron chi connectivity index (χ0n) is 8.82. The van der Waals surface area contributed by atoms with Crippen LogP contribution in [0.3, 0.4) is 0 Å². The van der Waals surface area contributed by atoms with Crippen LogP contribution in [0, 0.1) is 0 Å². The number of rotatable bonds is 7. The first-order chi connectivity index (χ1) is 6.54. The van der Waals surface area contributed by atoms with Crippen molar-refractivity contribution in [3.8, 4) is 0 Å². The molecule has 0 saturated heterocycles. The Morgan fingerprint density at radius 3 is 2.36 bits per heavy atom. The maximum Gasteiger partial charge on any atom is 0.342 e. The third-order valence-electron chi connectivity index (χ3n) is 1.97. The SMILES string of the molecule is CCCCCCOC(=O)C(Cl)(Cl)CC. The summed E-state index contributed by atoms with van der Waals surface area (Å²) in [6.45, 7) is 4.30. The van der Waals surface area contributed by atoms with Crippen molar-refractivity contribution in [2.75, 3.05) is 6.61 Å². The van der Waals surface area contributed by atoms with E-state index in [0.717, 1.165) is 25.7 Å². The van der Waals surface area contributed by atoms with E-state index in [1.165, 1.54) is 0 Å². The number of carbonyl (C=O) groups is 1. The van der Waals surface area contributed by atoms with Gasteiger partial charge < -0.3 is 4.74 Å². The lowest BCUT2D eigenvalue weighted by atomic mass is 10.2. The summed E-state index contributed by atoms with van der Waals surface area (Å²) in [5.41, 5.74) is 0. The summed E-state index contributed by atoms with van der Waals surface area (Å²) in [4.78, 5) is 11.2. The van der Waals surface area contributed by atoms with E-state index in [9.17, 15) is 4.79 Å². The average Bonchev–Trinajstić information content (AvgIpc) is 2.17. The van der Waals surface area contributed by atoms with Gasteiger partial charge in [-0.25, -0.2) is 4.79 Å². The summed E-state index contributed by atoms with van der Waals surface area (Å²) in [6.07, 6.45) is 4.65. The summed E-state index contributed by atoms with van der Waals surface area (Å²) in [7, 11) is 0. The predicted octanol–water partition coefficient (Wildman–Crippen LogP) is 3.69. The zero-order valence-corrected chi connectivity index (χ0v) is 10.3. The highest BCUT2D eigenvalue weighted by Crippen LogP contribution is 2.26. The second-order valence-corrected chi connectivity index (χ2v) is 4.74. The van der Waals surface area contributed by atoms with Crippen LogP contribution < -0.4 is 0 Å². The van der Waals surface area contributed by atoms with Gasteiger partial charge in [-0.1, -0.05) is 56.3 Å². The second kappa shape index (κ2) is 7.36.